The number of aliphatic carboxylic acids is 1. The average Bonchev–Trinajstić information content (AvgIpc) is 2.34. The second-order valence-electron chi connectivity index (χ2n) is 6.86. The predicted octanol–water partition coefficient (Wildman–Crippen LogP) is 1.06. The smallest absolute Gasteiger partial charge is 0.407 e. The maximum absolute atomic E-state index is 11.9. The van der Waals surface area contributed by atoms with E-state index >= 15 is 0 Å². The zero-order valence-corrected chi connectivity index (χ0v) is 13.7. The van der Waals surface area contributed by atoms with Crippen molar-refractivity contribution in [3.8, 4) is 0 Å². The molecule has 1 rings (SSSR count). The Kier molecular flexibility index (Phi) is 7.09. The highest BCUT2D eigenvalue weighted by Crippen LogP contribution is 2.21. The fourth-order valence-electron chi connectivity index (χ4n) is 2.74. The van der Waals surface area contributed by atoms with Crippen LogP contribution in [0.25, 0.3) is 0 Å². The van der Waals surface area contributed by atoms with Gasteiger partial charge in [-0.1, -0.05) is 0 Å². The second-order valence-corrected chi connectivity index (χ2v) is 6.86. The molecule has 0 aromatic heterocycles. The van der Waals surface area contributed by atoms with E-state index in [0.29, 0.717) is 19.5 Å². The lowest BCUT2D eigenvalue weighted by Crippen LogP contribution is -2.52. The summed E-state index contributed by atoms with van der Waals surface area (Å²) in [6, 6.07) is -0.0889. The Bertz CT molecular complexity index is 381. The van der Waals surface area contributed by atoms with Gasteiger partial charge in [-0.15, -0.1) is 0 Å². The fourth-order valence-corrected chi connectivity index (χ4v) is 2.74. The third-order valence-corrected chi connectivity index (χ3v) is 3.52. The molecule has 0 radical (unpaired) electrons. The minimum Gasteiger partial charge on any atom is -0.481 e. The molecule has 0 bridgehead atoms. The van der Waals surface area contributed by atoms with Crippen molar-refractivity contribution < 1.29 is 24.5 Å². The summed E-state index contributed by atoms with van der Waals surface area (Å²) in [7, 11) is 0. The number of piperidine rings is 1. The summed E-state index contributed by atoms with van der Waals surface area (Å²) in [4.78, 5) is 24.6. The van der Waals surface area contributed by atoms with Crippen LogP contribution in [0.2, 0.25) is 0 Å². The van der Waals surface area contributed by atoms with Crippen LogP contribution in [0.4, 0.5) is 4.79 Å². The van der Waals surface area contributed by atoms with Crippen molar-refractivity contribution in [1.82, 2.24) is 10.2 Å². The third kappa shape index (κ3) is 7.61. The molecule has 2 atom stereocenters. The van der Waals surface area contributed by atoms with E-state index in [1.54, 1.807) is 20.8 Å². The summed E-state index contributed by atoms with van der Waals surface area (Å²) in [6.07, 6.45) is 0.968. The topological polar surface area (TPSA) is 99.1 Å². The highest BCUT2D eigenvalue weighted by Gasteiger charge is 2.29. The molecule has 7 heteroatoms. The van der Waals surface area contributed by atoms with E-state index in [-0.39, 0.29) is 25.0 Å². The Morgan fingerprint density at radius 3 is 2.55 bits per heavy atom. The van der Waals surface area contributed by atoms with Gasteiger partial charge >= 0.3 is 12.1 Å². The lowest BCUT2D eigenvalue weighted by Gasteiger charge is -2.38. The normalized spacial score (nSPS) is 23.1. The lowest BCUT2D eigenvalue weighted by atomic mass is 9.90. The van der Waals surface area contributed by atoms with Gasteiger partial charge < -0.3 is 20.3 Å². The molecule has 0 aromatic rings. The maximum Gasteiger partial charge on any atom is 0.407 e. The van der Waals surface area contributed by atoms with Gasteiger partial charge in [-0.2, -0.15) is 0 Å². The van der Waals surface area contributed by atoms with Crippen LogP contribution in [0.3, 0.4) is 0 Å². The maximum atomic E-state index is 11.9. The molecule has 0 saturated carbocycles. The number of ether oxygens (including phenoxy) is 1. The molecule has 2 unspecified atom stereocenters. The average molecular weight is 316 g/mol. The van der Waals surface area contributed by atoms with E-state index in [2.05, 4.69) is 10.2 Å². The Morgan fingerprint density at radius 1 is 1.32 bits per heavy atom. The van der Waals surface area contributed by atoms with Gasteiger partial charge in [0, 0.05) is 32.1 Å². The highest BCUT2D eigenvalue weighted by atomic mass is 16.6. The monoisotopic (exact) mass is 316 g/mol. The second kappa shape index (κ2) is 8.33. The first-order valence-corrected chi connectivity index (χ1v) is 7.74. The number of β-amino-alcohol motifs (C(OH)–C–C–N with tert-alkyl or cyclic N) is 1. The number of nitrogens with one attached hydrogen (secondary N) is 1. The van der Waals surface area contributed by atoms with Crippen LogP contribution in [0.5, 0.6) is 0 Å². The molecule has 0 aromatic carbocycles. The number of hydrogen-bond acceptors (Lipinski definition) is 5. The molecule has 0 aliphatic carbocycles. The van der Waals surface area contributed by atoms with Crippen LogP contribution in [0, 0.1) is 5.92 Å². The Hall–Kier alpha value is -1.34. The van der Waals surface area contributed by atoms with Gasteiger partial charge in [0.25, 0.3) is 0 Å². The largest absolute Gasteiger partial charge is 0.481 e. The number of likely N-dealkylation sites (tertiary alicyclic amines) is 1. The molecule has 1 fully saturated rings. The van der Waals surface area contributed by atoms with Crippen molar-refractivity contribution in [2.45, 2.75) is 51.7 Å². The van der Waals surface area contributed by atoms with Gasteiger partial charge in [-0.05, 0) is 39.5 Å². The molecule has 3 N–H and O–H groups in total. The van der Waals surface area contributed by atoms with E-state index in [0.717, 1.165) is 13.0 Å². The van der Waals surface area contributed by atoms with Crippen molar-refractivity contribution in [1.29, 1.82) is 0 Å². The van der Waals surface area contributed by atoms with Gasteiger partial charge in [0.1, 0.15) is 5.60 Å². The number of amides is 1. The van der Waals surface area contributed by atoms with Crippen LogP contribution < -0.4 is 5.32 Å². The molecule has 1 saturated heterocycles. The highest BCUT2D eigenvalue weighted by molar-refractivity contribution is 5.68. The van der Waals surface area contributed by atoms with E-state index in [4.69, 9.17) is 14.9 Å². The number of carboxylic acids is 1. The van der Waals surface area contributed by atoms with Crippen molar-refractivity contribution in [2.24, 2.45) is 5.92 Å². The summed E-state index contributed by atoms with van der Waals surface area (Å²) >= 11 is 0. The third-order valence-electron chi connectivity index (χ3n) is 3.52. The van der Waals surface area contributed by atoms with Gasteiger partial charge in [-0.3, -0.25) is 9.69 Å². The minimum absolute atomic E-state index is 0.0464. The number of carbonyl (C=O) groups excluding carboxylic acids is 1. The Morgan fingerprint density at radius 2 is 2.00 bits per heavy atom. The number of alkyl carbamates (subject to hydrolysis) is 1. The Balaban J connectivity index is 2.56. The molecule has 1 amide bonds. The van der Waals surface area contributed by atoms with Crippen molar-refractivity contribution >= 4 is 12.1 Å². The Labute approximate surface area is 131 Å². The van der Waals surface area contributed by atoms with Crippen molar-refractivity contribution in [2.75, 3.05) is 26.2 Å². The number of nitrogens with zero attached hydrogens (tertiary/aromatic N) is 1. The van der Waals surface area contributed by atoms with Gasteiger partial charge in [-0.25, -0.2) is 4.79 Å². The summed E-state index contributed by atoms with van der Waals surface area (Å²) in [5.41, 5.74) is -0.549. The number of rotatable bonds is 6. The molecule has 0 spiro atoms. The van der Waals surface area contributed by atoms with E-state index in [1.807, 2.05) is 0 Å². The van der Waals surface area contributed by atoms with Gasteiger partial charge in [0.15, 0.2) is 0 Å². The van der Waals surface area contributed by atoms with Crippen LogP contribution in [0.1, 0.15) is 40.0 Å². The van der Waals surface area contributed by atoms with Crippen LogP contribution in [-0.4, -0.2) is 65.1 Å². The molecule has 7 nitrogen and oxygen atoms in total. The first kappa shape index (κ1) is 18.7. The van der Waals surface area contributed by atoms with Gasteiger partial charge in [0.2, 0.25) is 0 Å². The first-order valence-electron chi connectivity index (χ1n) is 7.74. The van der Waals surface area contributed by atoms with E-state index in [9.17, 15) is 9.59 Å². The molecule has 22 heavy (non-hydrogen) atoms. The zero-order chi connectivity index (χ0) is 16.8. The zero-order valence-electron chi connectivity index (χ0n) is 13.7. The summed E-state index contributed by atoms with van der Waals surface area (Å²) in [5, 5.41) is 20.8. The lowest BCUT2D eigenvalue weighted by molar-refractivity contribution is -0.137. The van der Waals surface area contributed by atoms with E-state index < -0.39 is 17.7 Å². The molecule has 1 aliphatic heterocycles. The number of carbonyl (C=O) groups is 2. The van der Waals surface area contributed by atoms with Crippen molar-refractivity contribution in [3.63, 3.8) is 0 Å². The van der Waals surface area contributed by atoms with Crippen LogP contribution in [0.15, 0.2) is 0 Å². The number of carboxylic acid groups (broad SMARTS) is 1. The summed E-state index contributed by atoms with van der Waals surface area (Å²) < 4.78 is 5.26. The summed E-state index contributed by atoms with van der Waals surface area (Å²) in [5.74, 6) is -0.618. The first-order chi connectivity index (χ1) is 10.2. The fraction of sp³-hybridized carbons (Fsp3) is 0.867. The SMILES string of the molecule is CC(C)(C)OC(=O)NC1CC(CCC(=O)O)CN(CCO)C1. The predicted molar refractivity (Wildman–Crippen MR) is 81.7 cm³/mol. The van der Waals surface area contributed by atoms with Gasteiger partial charge in [0.05, 0.1) is 6.61 Å². The molecule has 1 heterocycles. The minimum atomic E-state index is -0.809. The van der Waals surface area contributed by atoms with Crippen LogP contribution >= 0.6 is 0 Å². The molecule has 1 aliphatic rings. The molecule has 128 valence electrons. The van der Waals surface area contributed by atoms with Crippen molar-refractivity contribution in [3.05, 3.63) is 0 Å². The quantitative estimate of drug-likeness (QED) is 0.677. The molecular weight excluding hydrogens is 288 g/mol. The van der Waals surface area contributed by atoms with Crippen LogP contribution in [-0.2, 0) is 9.53 Å². The number of hydrogen-bond donors (Lipinski definition) is 3. The standard InChI is InChI=1S/C15H28N2O5/c1-15(2,3)22-14(21)16-12-8-11(4-5-13(19)20)9-17(10-12)6-7-18/h11-12,18H,4-10H2,1-3H3,(H,16,21)(H,19,20). The number of aliphatic hydroxyl groups is 1. The van der Waals surface area contributed by atoms with E-state index in [1.165, 1.54) is 0 Å². The summed E-state index contributed by atoms with van der Waals surface area (Å²) in [6.45, 7) is 7.38. The molecular formula is C15H28N2O5. The number of aliphatic hydroxyl groups excluding tert-OH is 1.